The number of halogens is 1. The van der Waals surface area contributed by atoms with Gasteiger partial charge in [0, 0.05) is 22.9 Å². The topological polar surface area (TPSA) is 132 Å². The zero-order valence-corrected chi connectivity index (χ0v) is 22.2. The highest BCUT2D eigenvalue weighted by atomic mass is 32.2. The van der Waals surface area contributed by atoms with Crippen molar-refractivity contribution < 1.29 is 18.9 Å². The number of hydrogen-bond acceptors (Lipinski definition) is 7. The van der Waals surface area contributed by atoms with Crippen LogP contribution in [0.4, 0.5) is 15.8 Å². The van der Waals surface area contributed by atoms with Crippen molar-refractivity contribution in [2.24, 2.45) is 0 Å². The quantitative estimate of drug-likeness (QED) is 0.173. The molecule has 10 nitrogen and oxygen atoms in total. The van der Waals surface area contributed by atoms with Gasteiger partial charge in [0.15, 0.2) is 11.0 Å². The minimum Gasteiger partial charge on any atom is -0.345 e. The molecule has 39 heavy (non-hydrogen) atoms. The normalized spacial score (nSPS) is 10.8. The van der Waals surface area contributed by atoms with E-state index in [0.717, 1.165) is 28.6 Å². The molecule has 0 spiro atoms. The lowest BCUT2D eigenvalue weighted by Gasteiger charge is -2.14. The molecule has 0 fully saturated rings. The number of aromatic nitrogens is 3. The van der Waals surface area contributed by atoms with Crippen LogP contribution in [0.25, 0.3) is 5.69 Å². The summed E-state index contributed by atoms with van der Waals surface area (Å²) in [6.45, 7) is 5.47. The average molecular weight is 549 g/mol. The van der Waals surface area contributed by atoms with Crippen LogP contribution in [0.1, 0.15) is 32.9 Å². The molecule has 200 valence electrons. The highest BCUT2D eigenvalue weighted by Crippen LogP contribution is 2.26. The lowest BCUT2D eigenvalue weighted by atomic mass is 10.1. The lowest BCUT2D eigenvalue weighted by Crippen LogP contribution is -2.25. The third kappa shape index (κ3) is 6.65. The van der Waals surface area contributed by atoms with Crippen LogP contribution in [-0.2, 0) is 11.3 Å². The summed E-state index contributed by atoms with van der Waals surface area (Å²) in [6, 6.07) is 15.6. The van der Waals surface area contributed by atoms with Gasteiger partial charge in [-0.05, 0) is 68.3 Å². The summed E-state index contributed by atoms with van der Waals surface area (Å²) in [6.07, 6.45) is 0. The van der Waals surface area contributed by atoms with Gasteiger partial charge in [-0.15, -0.1) is 10.2 Å². The minimum atomic E-state index is -0.529. The highest BCUT2D eigenvalue weighted by molar-refractivity contribution is 7.99. The van der Waals surface area contributed by atoms with Crippen molar-refractivity contribution in [3.63, 3.8) is 0 Å². The molecule has 0 aliphatic heterocycles. The van der Waals surface area contributed by atoms with E-state index >= 15 is 0 Å². The van der Waals surface area contributed by atoms with Crippen molar-refractivity contribution in [3.8, 4) is 5.69 Å². The maximum Gasteiger partial charge on any atom is 0.273 e. The number of carbonyl (C=O) groups excluding carboxylic acids is 2. The summed E-state index contributed by atoms with van der Waals surface area (Å²) in [4.78, 5) is 36.1. The first-order valence-corrected chi connectivity index (χ1v) is 12.8. The van der Waals surface area contributed by atoms with Crippen LogP contribution in [0, 0.1) is 36.7 Å². The molecule has 0 saturated heterocycles. The molecule has 4 rings (SSSR count). The van der Waals surface area contributed by atoms with E-state index in [0.29, 0.717) is 22.2 Å². The summed E-state index contributed by atoms with van der Waals surface area (Å²) >= 11 is 1.16. The second-order valence-corrected chi connectivity index (χ2v) is 9.75. The van der Waals surface area contributed by atoms with E-state index in [1.165, 1.54) is 42.5 Å². The largest absolute Gasteiger partial charge is 0.345 e. The fourth-order valence-corrected chi connectivity index (χ4v) is 4.54. The number of amides is 2. The van der Waals surface area contributed by atoms with Gasteiger partial charge in [0.05, 0.1) is 22.9 Å². The zero-order chi connectivity index (χ0) is 28.1. The number of anilines is 1. The highest BCUT2D eigenvalue weighted by Gasteiger charge is 2.20. The molecule has 12 heteroatoms. The zero-order valence-electron chi connectivity index (χ0n) is 21.4. The first kappa shape index (κ1) is 27.5. The first-order valence-electron chi connectivity index (χ1n) is 11.9. The molecule has 3 aromatic carbocycles. The number of carbonyl (C=O) groups is 2. The Morgan fingerprint density at radius 3 is 2.44 bits per heavy atom. The fraction of sp³-hybridized carbons (Fsp3) is 0.185. The molecule has 0 bridgehead atoms. The van der Waals surface area contributed by atoms with E-state index in [1.807, 2.05) is 32.0 Å². The molecule has 1 heterocycles. The Morgan fingerprint density at radius 1 is 1.00 bits per heavy atom. The minimum absolute atomic E-state index is 0.0107. The predicted molar refractivity (Wildman–Crippen MR) is 146 cm³/mol. The Kier molecular flexibility index (Phi) is 8.35. The van der Waals surface area contributed by atoms with Gasteiger partial charge in [0.25, 0.3) is 11.6 Å². The van der Waals surface area contributed by atoms with E-state index in [1.54, 1.807) is 11.5 Å². The predicted octanol–water partition coefficient (Wildman–Crippen LogP) is 4.90. The van der Waals surface area contributed by atoms with Gasteiger partial charge in [0.2, 0.25) is 5.91 Å². The molecule has 0 aliphatic carbocycles. The number of nitro benzene ring substituents is 1. The number of nitro groups is 1. The molecule has 2 N–H and O–H groups in total. The number of rotatable bonds is 9. The summed E-state index contributed by atoms with van der Waals surface area (Å²) in [5.74, 6) is -0.775. The molecular formula is C27H25FN6O4S. The van der Waals surface area contributed by atoms with Crippen molar-refractivity contribution in [1.29, 1.82) is 0 Å². The third-order valence-electron chi connectivity index (χ3n) is 5.84. The Bertz CT molecular complexity index is 1550. The smallest absolute Gasteiger partial charge is 0.273 e. The molecule has 4 aromatic rings. The number of benzene rings is 3. The summed E-state index contributed by atoms with van der Waals surface area (Å²) in [7, 11) is 0. The fourth-order valence-electron chi connectivity index (χ4n) is 3.78. The maximum atomic E-state index is 13.1. The summed E-state index contributed by atoms with van der Waals surface area (Å²) < 4.78 is 14.9. The molecule has 0 radical (unpaired) electrons. The number of thioether (sulfide) groups is 1. The number of aryl methyl sites for hydroxylation is 3. The molecule has 2 amide bonds. The van der Waals surface area contributed by atoms with Gasteiger partial charge in [-0.1, -0.05) is 30.0 Å². The van der Waals surface area contributed by atoms with Gasteiger partial charge in [-0.2, -0.15) is 0 Å². The van der Waals surface area contributed by atoms with Crippen molar-refractivity contribution in [2.75, 3.05) is 11.1 Å². The van der Waals surface area contributed by atoms with E-state index in [-0.39, 0.29) is 29.5 Å². The first-order chi connectivity index (χ1) is 18.6. The van der Waals surface area contributed by atoms with Crippen molar-refractivity contribution in [2.45, 2.75) is 32.5 Å². The van der Waals surface area contributed by atoms with Crippen molar-refractivity contribution in [3.05, 3.63) is 105 Å². The second kappa shape index (κ2) is 11.9. The van der Waals surface area contributed by atoms with Crippen LogP contribution < -0.4 is 10.6 Å². The molecule has 0 unspecified atom stereocenters. The Labute approximate surface area is 227 Å². The summed E-state index contributed by atoms with van der Waals surface area (Å²) in [5.41, 5.74) is 3.65. The molecule has 0 saturated carbocycles. The van der Waals surface area contributed by atoms with Crippen LogP contribution in [0.2, 0.25) is 0 Å². The molecule has 0 atom stereocenters. The van der Waals surface area contributed by atoms with Gasteiger partial charge < -0.3 is 10.6 Å². The Balaban J connectivity index is 1.55. The van der Waals surface area contributed by atoms with Gasteiger partial charge in [-0.25, -0.2) is 4.39 Å². The number of nitrogens with zero attached hydrogens (tertiary/aromatic N) is 4. The van der Waals surface area contributed by atoms with E-state index in [2.05, 4.69) is 20.8 Å². The Hall–Kier alpha value is -4.58. The number of nitrogens with one attached hydrogen (secondary N) is 2. The van der Waals surface area contributed by atoms with Gasteiger partial charge in [-0.3, -0.25) is 24.3 Å². The molecular weight excluding hydrogens is 523 g/mol. The van der Waals surface area contributed by atoms with E-state index in [4.69, 9.17) is 0 Å². The van der Waals surface area contributed by atoms with E-state index < -0.39 is 16.6 Å². The van der Waals surface area contributed by atoms with Crippen LogP contribution in [0.5, 0.6) is 0 Å². The third-order valence-corrected chi connectivity index (χ3v) is 6.77. The van der Waals surface area contributed by atoms with Gasteiger partial charge >= 0.3 is 0 Å². The number of hydrogen-bond donors (Lipinski definition) is 2. The summed E-state index contributed by atoms with van der Waals surface area (Å²) in [5, 5.41) is 25.7. The second-order valence-electron chi connectivity index (χ2n) is 8.81. The molecule has 0 aliphatic rings. The molecule has 1 aromatic heterocycles. The van der Waals surface area contributed by atoms with Crippen molar-refractivity contribution >= 4 is 35.0 Å². The van der Waals surface area contributed by atoms with Crippen molar-refractivity contribution in [1.82, 2.24) is 20.1 Å². The monoisotopic (exact) mass is 548 g/mol. The average Bonchev–Trinajstić information content (AvgIpc) is 3.31. The maximum absolute atomic E-state index is 13.1. The van der Waals surface area contributed by atoms with Crippen LogP contribution in [0.15, 0.2) is 65.8 Å². The van der Waals surface area contributed by atoms with Crippen LogP contribution in [-0.4, -0.2) is 37.3 Å². The van der Waals surface area contributed by atoms with Crippen LogP contribution in [0.3, 0.4) is 0 Å². The Morgan fingerprint density at radius 2 is 1.72 bits per heavy atom. The van der Waals surface area contributed by atoms with Gasteiger partial charge in [0.1, 0.15) is 5.82 Å². The standard InChI is InChI=1S/C27H25FN6O4S/c1-16-4-5-17(2)22(12-16)33-24(14-29-26(36)19-7-6-18(3)23(13-19)34(37)38)31-32-27(33)39-15-25(35)30-21-10-8-20(28)9-11-21/h4-13H,14-15H2,1-3H3,(H,29,36)(H,30,35). The van der Waals surface area contributed by atoms with E-state index in [9.17, 15) is 24.1 Å². The van der Waals surface area contributed by atoms with Crippen LogP contribution >= 0.6 is 11.8 Å². The lowest BCUT2D eigenvalue weighted by molar-refractivity contribution is -0.385. The SMILES string of the molecule is Cc1ccc(C)c(-n2c(CNC(=O)c3ccc(C)c([N+](=O)[O-])c3)nnc2SCC(=O)Nc2ccc(F)cc2)c1.